The number of carbonyl (C=O) groups excluding carboxylic acids is 1. The van der Waals surface area contributed by atoms with Crippen LogP contribution in [0, 0.1) is 5.92 Å². The van der Waals surface area contributed by atoms with Crippen LogP contribution in [0.15, 0.2) is 66.7 Å². The Morgan fingerprint density at radius 1 is 1.11 bits per heavy atom. The Morgan fingerprint density at radius 2 is 1.86 bits per heavy atom. The van der Waals surface area contributed by atoms with Gasteiger partial charge >= 0.3 is 0 Å². The van der Waals surface area contributed by atoms with Crippen LogP contribution in [0.1, 0.15) is 42.0 Å². The quantitative estimate of drug-likeness (QED) is 0.305. The molecular weight excluding hydrogens is 462 g/mol. The average Bonchev–Trinajstić information content (AvgIpc) is 3.18. The summed E-state index contributed by atoms with van der Waals surface area (Å²) < 4.78 is 7.72. The van der Waals surface area contributed by atoms with E-state index in [0.29, 0.717) is 31.1 Å². The van der Waals surface area contributed by atoms with Gasteiger partial charge in [0.2, 0.25) is 0 Å². The van der Waals surface area contributed by atoms with Crippen LogP contribution >= 0.6 is 11.6 Å². The number of carbonyl (C=O) groups is 1. The molecule has 0 aliphatic carbocycles. The Bertz CT molecular complexity index is 1330. The monoisotopic (exact) mass is 491 g/mol. The van der Waals surface area contributed by atoms with Crippen molar-refractivity contribution in [1.29, 1.82) is 0 Å². The van der Waals surface area contributed by atoms with Crippen LogP contribution in [0.4, 0.5) is 0 Å². The highest BCUT2D eigenvalue weighted by Crippen LogP contribution is 2.26. The molecule has 6 nitrogen and oxygen atoms in total. The summed E-state index contributed by atoms with van der Waals surface area (Å²) >= 11 is 6.33. The molecule has 1 aromatic heterocycles. The molecule has 3 aromatic carbocycles. The number of aromatic nitrogens is 2. The van der Waals surface area contributed by atoms with Gasteiger partial charge in [0.1, 0.15) is 17.3 Å². The van der Waals surface area contributed by atoms with E-state index in [0.717, 1.165) is 34.6 Å². The van der Waals surface area contributed by atoms with Crippen LogP contribution in [0.3, 0.4) is 0 Å². The van der Waals surface area contributed by atoms with Gasteiger partial charge in [0.25, 0.3) is 5.91 Å². The first kappa shape index (κ1) is 24.6. The van der Waals surface area contributed by atoms with Crippen LogP contribution in [-0.4, -0.2) is 39.1 Å². The summed E-state index contributed by atoms with van der Waals surface area (Å²) in [6.07, 6.45) is 0.841. The zero-order chi connectivity index (χ0) is 24.9. The third-order valence-electron chi connectivity index (χ3n) is 6.03. The minimum atomic E-state index is -0.188. The van der Waals surface area contributed by atoms with E-state index in [1.807, 2.05) is 48.5 Å². The van der Waals surface area contributed by atoms with Gasteiger partial charge in [-0.25, -0.2) is 4.98 Å². The van der Waals surface area contributed by atoms with Crippen molar-refractivity contribution in [3.63, 3.8) is 0 Å². The van der Waals surface area contributed by atoms with E-state index in [2.05, 4.69) is 18.4 Å². The molecule has 0 saturated heterocycles. The molecule has 7 heteroatoms. The van der Waals surface area contributed by atoms with Gasteiger partial charge in [-0.15, -0.1) is 0 Å². The van der Waals surface area contributed by atoms with Gasteiger partial charge in [-0.2, -0.15) is 0 Å². The Labute approximate surface area is 210 Å². The molecule has 0 aliphatic heterocycles. The molecule has 182 valence electrons. The zero-order valence-electron chi connectivity index (χ0n) is 20.2. The largest absolute Gasteiger partial charge is 0.508 e. The Morgan fingerprint density at radius 3 is 2.60 bits per heavy atom. The number of rotatable bonds is 9. The van der Waals surface area contributed by atoms with E-state index in [9.17, 15) is 9.90 Å². The zero-order valence-corrected chi connectivity index (χ0v) is 21.0. The second kappa shape index (κ2) is 10.8. The maximum Gasteiger partial charge on any atom is 0.255 e. The number of methoxy groups -OCH3 is 1. The fourth-order valence-corrected chi connectivity index (χ4v) is 4.37. The molecule has 0 bridgehead atoms. The highest BCUT2D eigenvalue weighted by molar-refractivity contribution is 6.34. The Kier molecular flexibility index (Phi) is 7.61. The van der Waals surface area contributed by atoms with Gasteiger partial charge in [0.15, 0.2) is 0 Å². The Hall–Kier alpha value is -3.51. The minimum absolute atomic E-state index is 0.0267. The second-order valence-corrected chi connectivity index (χ2v) is 9.40. The number of aromatic hydroxyl groups is 1. The standard InChI is InChI=1S/C28H30ClN3O3/c1-19(2)14-15-31(28(34)22-13-12-21(33)16-23(22)29)18-27-30-24-9-5-6-10-25(24)32(27)17-20-8-4-7-11-26(20)35-3/h4-13,16,19,33H,14-15,17-18H2,1-3H3. The highest BCUT2D eigenvalue weighted by Gasteiger charge is 2.23. The number of ether oxygens (including phenoxy) is 1. The SMILES string of the molecule is COc1ccccc1Cn1c(CN(CCC(C)C)C(=O)c2ccc(O)cc2Cl)nc2ccccc21. The molecular formula is C28H30ClN3O3. The summed E-state index contributed by atoms with van der Waals surface area (Å²) in [5.74, 6) is 1.85. The maximum absolute atomic E-state index is 13.6. The van der Waals surface area contributed by atoms with Crippen molar-refractivity contribution >= 4 is 28.5 Å². The maximum atomic E-state index is 13.6. The van der Waals surface area contributed by atoms with Crippen LogP contribution in [0.2, 0.25) is 5.02 Å². The Balaban J connectivity index is 1.74. The molecule has 1 heterocycles. The first-order chi connectivity index (χ1) is 16.9. The van der Waals surface area contributed by atoms with Crippen molar-refractivity contribution in [1.82, 2.24) is 14.5 Å². The highest BCUT2D eigenvalue weighted by atomic mass is 35.5. The fourth-order valence-electron chi connectivity index (χ4n) is 4.11. The lowest BCUT2D eigenvalue weighted by Gasteiger charge is -2.24. The van der Waals surface area contributed by atoms with E-state index in [-0.39, 0.29) is 16.7 Å². The van der Waals surface area contributed by atoms with Crippen molar-refractivity contribution in [3.8, 4) is 11.5 Å². The van der Waals surface area contributed by atoms with Crippen molar-refractivity contribution < 1.29 is 14.6 Å². The predicted octanol–water partition coefficient (Wildman–Crippen LogP) is 6.14. The molecule has 0 aliphatic rings. The van der Waals surface area contributed by atoms with Gasteiger partial charge < -0.3 is 19.3 Å². The smallest absolute Gasteiger partial charge is 0.255 e. The first-order valence-corrected chi connectivity index (χ1v) is 12.1. The molecule has 0 atom stereocenters. The molecule has 0 unspecified atom stereocenters. The molecule has 0 fully saturated rings. The van der Waals surface area contributed by atoms with Gasteiger partial charge in [-0.05, 0) is 48.7 Å². The molecule has 0 saturated carbocycles. The number of fused-ring (bicyclic) bond motifs is 1. The summed E-state index contributed by atoms with van der Waals surface area (Å²) in [5, 5.41) is 9.97. The van der Waals surface area contributed by atoms with Crippen LogP contribution in [0.25, 0.3) is 11.0 Å². The van der Waals surface area contributed by atoms with Gasteiger partial charge in [0, 0.05) is 12.1 Å². The van der Waals surface area contributed by atoms with Crippen LogP contribution < -0.4 is 4.74 Å². The number of amides is 1. The molecule has 4 rings (SSSR count). The van der Waals surface area contributed by atoms with Crippen molar-refractivity contribution in [2.45, 2.75) is 33.4 Å². The first-order valence-electron chi connectivity index (χ1n) is 11.7. The summed E-state index contributed by atoms with van der Waals surface area (Å²) in [6, 6.07) is 20.3. The van der Waals surface area contributed by atoms with Gasteiger partial charge in [-0.1, -0.05) is 55.8 Å². The topological polar surface area (TPSA) is 67.6 Å². The lowest BCUT2D eigenvalue weighted by Crippen LogP contribution is -2.33. The van der Waals surface area contributed by atoms with E-state index in [1.54, 1.807) is 18.1 Å². The number of hydrogen-bond donors (Lipinski definition) is 1. The number of hydrogen-bond acceptors (Lipinski definition) is 4. The molecule has 0 radical (unpaired) electrons. The average molecular weight is 492 g/mol. The second-order valence-electron chi connectivity index (χ2n) is 8.99. The van der Waals surface area contributed by atoms with Crippen molar-refractivity contribution in [2.24, 2.45) is 5.92 Å². The molecule has 0 spiro atoms. The summed E-state index contributed by atoms with van der Waals surface area (Å²) in [5.41, 5.74) is 3.25. The summed E-state index contributed by atoms with van der Waals surface area (Å²) in [7, 11) is 1.67. The molecule has 1 amide bonds. The number of phenolic OH excluding ortho intramolecular Hbond substituents is 1. The molecule has 35 heavy (non-hydrogen) atoms. The van der Waals surface area contributed by atoms with E-state index in [4.69, 9.17) is 21.3 Å². The number of nitrogens with zero attached hydrogens (tertiary/aromatic N) is 3. The number of phenols is 1. The number of imidazole rings is 1. The minimum Gasteiger partial charge on any atom is -0.508 e. The van der Waals surface area contributed by atoms with Crippen LogP contribution in [0.5, 0.6) is 11.5 Å². The molecule has 4 aromatic rings. The summed E-state index contributed by atoms with van der Waals surface area (Å²) in [4.78, 5) is 20.3. The van der Waals surface area contributed by atoms with E-state index in [1.165, 1.54) is 12.1 Å². The van der Waals surface area contributed by atoms with Crippen molar-refractivity contribution in [3.05, 3.63) is 88.7 Å². The van der Waals surface area contributed by atoms with Crippen molar-refractivity contribution in [2.75, 3.05) is 13.7 Å². The third kappa shape index (κ3) is 5.60. The number of halogens is 1. The van der Waals surface area contributed by atoms with E-state index < -0.39 is 0 Å². The number of benzene rings is 3. The van der Waals surface area contributed by atoms with E-state index >= 15 is 0 Å². The van der Waals surface area contributed by atoms with Crippen LogP contribution in [-0.2, 0) is 13.1 Å². The van der Waals surface area contributed by atoms with Gasteiger partial charge in [-0.3, -0.25) is 4.79 Å². The van der Waals surface area contributed by atoms with Gasteiger partial charge in [0.05, 0.1) is 41.8 Å². The predicted molar refractivity (Wildman–Crippen MR) is 139 cm³/mol. The third-order valence-corrected chi connectivity index (χ3v) is 6.35. The summed E-state index contributed by atoms with van der Waals surface area (Å²) in [6.45, 7) is 5.71. The lowest BCUT2D eigenvalue weighted by molar-refractivity contribution is 0.0729. The molecule has 1 N–H and O–H groups in total. The lowest BCUT2D eigenvalue weighted by atomic mass is 10.1. The number of para-hydroxylation sites is 3. The fraction of sp³-hybridized carbons (Fsp3) is 0.286. The normalized spacial score (nSPS) is 11.2.